The Kier molecular flexibility index (Phi) is 4.37. The van der Waals surface area contributed by atoms with Gasteiger partial charge in [-0.1, -0.05) is 13.8 Å². The fourth-order valence-corrected chi connectivity index (χ4v) is 2.43. The highest BCUT2D eigenvalue weighted by Gasteiger charge is 2.13. The summed E-state index contributed by atoms with van der Waals surface area (Å²) < 4.78 is 15.7. The molecule has 0 bridgehead atoms. The van der Waals surface area contributed by atoms with Crippen LogP contribution >= 0.6 is 15.9 Å². The van der Waals surface area contributed by atoms with Crippen LogP contribution in [0, 0.1) is 5.82 Å². The molecule has 1 heterocycles. The summed E-state index contributed by atoms with van der Waals surface area (Å²) >= 11 is 3.40. The van der Waals surface area contributed by atoms with Gasteiger partial charge in [-0.2, -0.15) is 5.10 Å². The SMILES string of the molecule is CC(C)NCc1cn(C)nc1-c1ccc(F)cc1Br. The molecule has 0 fully saturated rings. The fraction of sp³-hybridized carbons (Fsp3) is 0.357. The molecule has 102 valence electrons. The first-order valence-corrected chi connectivity index (χ1v) is 6.98. The summed E-state index contributed by atoms with van der Waals surface area (Å²) in [6.45, 7) is 4.94. The summed E-state index contributed by atoms with van der Waals surface area (Å²) in [6, 6.07) is 5.07. The Morgan fingerprint density at radius 1 is 1.42 bits per heavy atom. The van der Waals surface area contributed by atoms with Crippen LogP contribution in [-0.2, 0) is 13.6 Å². The van der Waals surface area contributed by atoms with Crippen molar-refractivity contribution in [2.24, 2.45) is 7.05 Å². The van der Waals surface area contributed by atoms with Crippen LogP contribution in [0.4, 0.5) is 4.39 Å². The Bertz CT molecular complexity index is 578. The summed E-state index contributed by atoms with van der Waals surface area (Å²) in [5.74, 6) is -0.256. The zero-order valence-corrected chi connectivity index (χ0v) is 12.8. The molecule has 0 radical (unpaired) electrons. The third kappa shape index (κ3) is 3.42. The van der Waals surface area contributed by atoms with Gasteiger partial charge in [0.05, 0.1) is 5.69 Å². The van der Waals surface area contributed by atoms with Gasteiger partial charge < -0.3 is 5.32 Å². The van der Waals surface area contributed by atoms with E-state index < -0.39 is 0 Å². The lowest BCUT2D eigenvalue weighted by Crippen LogP contribution is -2.21. The van der Waals surface area contributed by atoms with E-state index in [2.05, 4.69) is 40.2 Å². The van der Waals surface area contributed by atoms with Gasteiger partial charge in [0, 0.05) is 41.4 Å². The molecule has 0 aliphatic carbocycles. The van der Waals surface area contributed by atoms with E-state index in [1.54, 1.807) is 10.7 Å². The Hall–Kier alpha value is -1.20. The molecule has 1 aromatic heterocycles. The van der Waals surface area contributed by atoms with E-state index in [1.165, 1.54) is 12.1 Å². The van der Waals surface area contributed by atoms with Crippen molar-refractivity contribution >= 4 is 15.9 Å². The van der Waals surface area contributed by atoms with Crippen molar-refractivity contribution in [3.8, 4) is 11.3 Å². The van der Waals surface area contributed by atoms with E-state index in [-0.39, 0.29) is 5.82 Å². The lowest BCUT2D eigenvalue weighted by molar-refractivity contribution is 0.589. The summed E-state index contributed by atoms with van der Waals surface area (Å²) in [5.41, 5.74) is 2.88. The van der Waals surface area contributed by atoms with Crippen molar-refractivity contribution in [1.29, 1.82) is 0 Å². The highest BCUT2D eigenvalue weighted by Crippen LogP contribution is 2.30. The van der Waals surface area contributed by atoms with Crippen molar-refractivity contribution < 1.29 is 4.39 Å². The average Bonchev–Trinajstić information content (AvgIpc) is 2.67. The molecule has 0 atom stereocenters. The number of nitrogens with one attached hydrogen (secondary N) is 1. The van der Waals surface area contributed by atoms with Crippen LogP contribution in [0.1, 0.15) is 19.4 Å². The molecule has 0 amide bonds. The van der Waals surface area contributed by atoms with Gasteiger partial charge in [0.2, 0.25) is 0 Å². The van der Waals surface area contributed by atoms with Crippen molar-refractivity contribution in [1.82, 2.24) is 15.1 Å². The number of aryl methyl sites for hydroxylation is 1. The summed E-state index contributed by atoms with van der Waals surface area (Å²) in [4.78, 5) is 0. The topological polar surface area (TPSA) is 29.9 Å². The quantitative estimate of drug-likeness (QED) is 0.932. The molecule has 0 unspecified atom stereocenters. The number of hydrogen-bond donors (Lipinski definition) is 1. The zero-order valence-electron chi connectivity index (χ0n) is 11.2. The van der Waals surface area contributed by atoms with E-state index in [9.17, 15) is 4.39 Å². The molecule has 0 spiro atoms. The molecule has 2 rings (SSSR count). The maximum atomic E-state index is 13.2. The Morgan fingerprint density at radius 2 is 2.16 bits per heavy atom. The standard InChI is InChI=1S/C14H17BrFN3/c1-9(2)17-7-10-8-19(3)18-14(10)12-5-4-11(16)6-13(12)15/h4-6,8-9,17H,7H2,1-3H3. The van der Waals surface area contributed by atoms with E-state index >= 15 is 0 Å². The number of hydrogen-bond acceptors (Lipinski definition) is 2. The average molecular weight is 326 g/mol. The summed E-state index contributed by atoms with van der Waals surface area (Å²) in [5, 5.41) is 7.85. The number of halogens is 2. The first kappa shape index (κ1) is 14.2. The maximum Gasteiger partial charge on any atom is 0.124 e. The van der Waals surface area contributed by atoms with Crippen molar-refractivity contribution in [2.45, 2.75) is 26.4 Å². The van der Waals surface area contributed by atoms with Crippen LogP contribution in [0.5, 0.6) is 0 Å². The summed E-state index contributed by atoms with van der Waals surface area (Å²) in [7, 11) is 1.89. The number of nitrogens with zero attached hydrogens (tertiary/aromatic N) is 2. The van der Waals surface area contributed by atoms with Crippen LogP contribution in [0.15, 0.2) is 28.9 Å². The van der Waals surface area contributed by atoms with Gasteiger partial charge in [-0.15, -0.1) is 0 Å². The molecule has 1 aromatic carbocycles. The molecule has 0 aliphatic rings. The normalized spacial score (nSPS) is 11.3. The minimum atomic E-state index is -0.256. The van der Waals surface area contributed by atoms with Crippen molar-refractivity contribution in [2.75, 3.05) is 0 Å². The summed E-state index contributed by atoms with van der Waals surface area (Å²) in [6.07, 6.45) is 1.99. The molecular formula is C14H17BrFN3. The van der Waals surface area contributed by atoms with E-state index in [0.717, 1.165) is 27.8 Å². The second-order valence-electron chi connectivity index (χ2n) is 4.84. The van der Waals surface area contributed by atoms with Gasteiger partial charge in [0.25, 0.3) is 0 Å². The lowest BCUT2D eigenvalue weighted by Gasteiger charge is -2.09. The second-order valence-corrected chi connectivity index (χ2v) is 5.69. The molecule has 19 heavy (non-hydrogen) atoms. The first-order chi connectivity index (χ1) is 8.97. The monoisotopic (exact) mass is 325 g/mol. The predicted molar refractivity (Wildman–Crippen MR) is 78.3 cm³/mol. The van der Waals surface area contributed by atoms with Crippen molar-refractivity contribution in [3.05, 3.63) is 40.2 Å². The number of rotatable bonds is 4. The Labute approximate surface area is 121 Å². The van der Waals surface area contributed by atoms with Crippen LogP contribution in [0.2, 0.25) is 0 Å². The Balaban J connectivity index is 2.38. The van der Waals surface area contributed by atoms with Gasteiger partial charge in [-0.05, 0) is 34.1 Å². The minimum absolute atomic E-state index is 0.256. The van der Waals surface area contributed by atoms with Crippen LogP contribution in [0.25, 0.3) is 11.3 Å². The molecule has 3 nitrogen and oxygen atoms in total. The van der Waals surface area contributed by atoms with Gasteiger partial charge in [-0.25, -0.2) is 4.39 Å². The van der Waals surface area contributed by atoms with Crippen molar-refractivity contribution in [3.63, 3.8) is 0 Å². The van der Waals surface area contributed by atoms with Gasteiger partial charge in [0.1, 0.15) is 5.82 Å². The molecule has 0 aliphatic heterocycles. The predicted octanol–water partition coefficient (Wildman–Crippen LogP) is 3.49. The molecular weight excluding hydrogens is 309 g/mol. The molecule has 0 saturated heterocycles. The second kappa shape index (κ2) is 5.84. The van der Waals surface area contributed by atoms with Gasteiger partial charge in [-0.3, -0.25) is 4.68 Å². The highest BCUT2D eigenvalue weighted by molar-refractivity contribution is 9.10. The fourth-order valence-electron chi connectivity index (χ4n) is 1.89. The maximum absolute atomic E-state index is 13.2. The van der Waals surface area contributed by atoms with Crippen LogP contribution < -0.4 is 5.32 Å². The first-order valence-electron chi connectivity index (χ1n) is 6.18. The minimum Gasteiger partial charge on any atom is -0.310 e. The third-order valence-electron chi connectivity index (χ3n) is 2.79. The zero-order chi connectivity index (χ0) is 14.0. The van der Waals surface area contributed by atoms with Crippen LogP contribution in [-0.4, -0.2) is 15.8 Å². The number of benzene rings is 1. The molecule has 5 heteroatoms. The van der Waals surface area contributed by atoms with E-state index in [0.29, 0.717) is 6.04 Å². The molecule has 2 aromatic rings. The Morgan fingerprint density at radius 3 is 2.79 bits per heavy atom. The lowest BCUT2D eigenvalue weighted by atomic mass is 10.1. The van der Waals surface area contributed by atoms with E-state index in [4.69, 9.17) is 0 Å². The third-order valence-corrected chi connectivity index (χ3v) is 3.45. The smallest absolute Gasteiger partial charge is 0.124 e. The molecule has 1 N–H and O–H groups in total. The molecule has 0 saturated carbocycles. The van der Waals surface area contributed by atoms with Gasteiger partial charge in [0.15, 0.2) is 0 Å². The largest absolute Gasteiger partial charge is 0.310 e. The number of aromatic nitrogens is 2. The van der Waals surface area contributed by atoms with Crippen LogP contribution in [0.3, 0.4) is 0 Å². The highest BCUT2D eigenvalue weighted by atomic mass is 79.9. The van der Waals surface area contributed by atoms with Gasteiger partial charge >= 0.3 is 0 Å². The van der Waals surface area contributed by atoms with E-state index in [1.807, 2.05) is 13.2 Å².